The number of rotatable bonds is 2. The van der Waals surface area contributed by atoms with E-state index in [0.717, 1.165) is 0 Å². The molecule has 0 radical (unpaired) electrons. The molecular formula is C13H15ClN2O2. The molecule has 0 N–H and O–H groups in total. The van der Waals surface area contributed by atoms with Crippen LogP contribution in [0.2, 0.25) is 5.15 Å². The molecule has 0 fully saturated rings. The van der Waals surface area contributed by atoms with Gasteiger partial charge in [0.2, 0.25) is 0 Å². The van der Waals surface area contributed by atoms with Crippen LogP contribution in [0.25, 0.3) is 0 Å². The maximum atomic E-state index is 11.9. The lowest BCUT2D eigenvalue weighted by molar-refractivity contribution is -0.155. The molecular weight excluding hydrogens is 252 g/mol. The molecule has 1 heterocycles. The topological polar surface area (TPSA) is 63.0 Å². The number of hydrogen-bond donors (Lipinski definition) is 0. The van der Waals surface area contributed by atoms with Crippen LogP contribution in [0.15, 0.2) is 12.3 Å². The van der Waals surface area contributed by atoms with Crippen molar-refractivity contribution >= 4 is 17.6 Å². The van der Waals surface area contributed by atoms with E-state index in [-0.39, 0.29) is 5.15 Å². The number of carbonyl (C=O) groups excluding carboxylic acids is 1. The number of aromatic nitrogens is 1. The summed E-state index contributed by atoms with van der Waals surface area (Å²) in [4.78, 5) is 15.8. The molecule has 18 heavy (non-hydrogen) atoms. The van der Waals surface area contributed by atoms with E-state index in [1.165, 1.54) is 6.20 Å². The third kappa shape index (κ3) is 3.44. The van der Waals surface area contributed by atoms with Crippen molar-refractivity contribution in [3.8, 4) is 6.07 Å². The minimum Gasteiger partial charge on any atom is -0.459 e. The molecule has 0 aliphatic carbocycles. The number of carbonyl (C=O) groups is 1. The maximum absolute atomic E-state index is 11.9. The summed E-state index contributed by atoms with van der Waals surface area (Å²) in [6.07, 6.45) is 1.47. The largest absolute Gasteiger partial charge is 0.459 e. The summed E-state index contributed by atoms with van der Waals surface area (Å²) in [5.41, 5.74) is 0.528. The Morgan fingerprint density at radius 3 is 2.67 bits per heavy atom. The first-order chi connectivity index (χ1) is 8.26. The van der Waals surface area contributed by atoms with Gasteiger partial charge in [-0.25, -0.2) is 4.98 Å². The molecule has 4 nitrogen and oxygen atoms in total. The molecule has 1 aromatic heterocycles. The van der Waals surface area contributed by atoms with Gasteiger partial charge in [0, 0.05) is 6.20 Å². The maximum Gasteiger partial charge on any atom is 0.328 e. The van der Waals surface area contributed by atoms with Crippen LogP contribution in [0.4, 0.5) is 0 Å². The van der Waals surface area contributed by atoms with E-state index >= 15 is 0 Å². The highest BCUT2D eigenvalue weighted by Crippen LogP contribution is 2.26. The number of hydrogen-bond acceptors (Lipinski definition) is 4. The van der Waals surface area contributed by atoms with Gasteiger partial charge < -0.3 is 4.74 Å². The molecule has 0 aliphatic rings. The van der Waals surface area contributed by atoms with Gasteiger partial charge in [0.1, 0.15) is 10.8 Å². The van der Waals surface area contributed by atoms with Gasteiger partial charge >= 0.3 is 5.97 Å². The number of nitrogens with zero attached hydrogens (tertiary/aromatic N) is 2. The van der Waals surface area contributed by atoms with Crippen molar-refractivity contribution in [2.75, 3.05) is 0 Å². The Morgan fingerprint density at radius 2 is 2.17 bits per heavy atom. The normalized spacial score (nSPS) is 12.7. The summed E-state index contributed by atoms with van der Waals surface area (Å²) < 4.78 is 5.22. The van der Waals surface area contributed by atoms with Crippen LogP contribution in [-0.4, -0.2) is 16.6 Å². The second kappa shape index (κ2) is 5.36. The van der Waals surface area contributed by atoms with Crippen LogP contribution in [0.3, 0.4) is 0 Å². The van der Waals surface area contributed by atoms with E-state index in [1.807, 2.05) is 6.07 Å². The zero-order valence-corrected chi connectivity index (χ0v) is 11.6. The van der Waals surface area contributed by atoms with Gasteiger partial charge in [-0.2, -0.15) is 5.26 Å². The van der Waals surface area contributed by atoms with Crippen molar-refractivity contribution in [3.05, 3.63) is 28.5 Å². The van der Waals surface area contributed by atoms with E-state index < -0.39 is 17.5 Å². The Hall–Kier alpha value is -1.60. The Labute approximate surface area is 112 Å². The molecule has 1 atom stereocenters. The average Bonchev–Trinajstić information content (AvgIpc) is 2.22. The van der Waals surface area contributed by atoms with E-state index in [0.29, 0.717) is 11.1 Å². The predicted molar refractivity (Wildman–Crippen MR) is 68.2 cm³/mol. The smallest absolute Gasteiger partial charge is 0.328 e. The average molecular weight is 267 g/mol. The highest BCUT2D eigenvalue weighted by Gasteiger charge is 2.28. The number of esters is 1. The molecule has 0 saturated carbocycles. The summed E-state index contributed by atoms with van der Waals surface area (Å²) >= 11 is 5.88. The second-order valence-electron chi connectivity index (χ2n) is 4.91. The van der Waals surface area contributed by atoms with E-state index in [1.54, 1.807) is 33.8 Å². The van der Waals surface area contributed by atoms with Gasteiger partial charge in [-0.15, -0.1) is 0 Å². The van der Waals surface area contributed by atoms with Gasteiger partial charge in [-0.05, 0) is 44.9 Å². The van der Waals surface area contributed by atoms with Crippen LogP contribution in [0, 0.1) is 18.3 Å². The van der Waals surface area contributed by atoms with E-state index in [2.05, 4.69) is 4.98 Å². The van der Waals surface area contributed by atoms with Crippen LogP contribution in [-0.2, 0) is 9.53 Å². The molecule has 0 aliphatic heterocycles. The molecule has 1 unspecified atom stereocenters. The van der Waals surface area contributed by atoms with Gasteiger partial charge in [0.05, 0.1) is 6.07 Å². The third-order valence-electron chi connectivity index (χ3n) is 2.27. The summed E-state index contributed by atoms with van der Waals surface area (Å²) in [7, 11) is 0. The quantitative estimate of drug-likeness (QED) is 0.610. The van der Waals surface area contributed by atoms with Crippen molar-refractivity contribution in [1.29, 1.82) is 5.26 Å². The number of halogens is 1. The highest BCUT2D eigenvalue weighted by molar-refractivity contribution is 6.30. The fraction of sp³-hybridized carbons (Fsp3) is 0.462. The zero-order chi connectivity index (χ0) is 13.9. The van der Waals surface area contributed by atoms with Crippen LogP contribution < -0.4 is 0 Å². The van der Waals surface area contributed by atoms with Crippen molar-refractivity contribution in [2.45, 2.75) is 39.2 Å². The number of ether oxygens (including phenoxy) is 1. The first-order valence-corrected chi connectivity index (χ1v) is 5.87. The Morgan fingerprint density at radius 1 is 1.56 bits per heavy atom. The van der Waals surface area contributed by atoms with Crippen LogP contribution in [0.1, 0.15) is 37.8 Å². The lowest BCUT2D eigenvalue weighted by Crippen LogP contribution is -2.27. The van der Waals surface area contributed by atoms with Crippen LogP contribution in [0.5, 0.6) is 0 Å². The molecule has 96 valence electrons. The first kappa shape index (κ1) is 14.5. The number of pyridine rings is 1. The summed E-state index contributed by atoms with van der Waals surface area (Å²) in [5, 5.41) is 9.44. The molecule has 0 saturated heterocycles. The fourth-order valence-corrected chi connectivity index (χ4v) is 1.61. The Balaban J connectivity index is 3.08. The standard InChI is InChI=1S/C13H15ClN2O2/c1-8-9(5-6-16-11(8)14)10(7-15)12(17)18-13(2,3)4/h5-6,10H,1-4H3. The SMILES string of the molecule is Cc1c(C(C#N)C(=O)OC(C)(C)C)ccnc1Cl. The van der Waals surface area contributed by atoms with E-state index in [9.17, 15) is 4.79 Å². The predicted octanol–water partition coefficient (Wildman–Crippen LogP) is 2.99. The monoisotopic (exact) mass is 266 g/mol. The lowest BCUT2D eigenvalue weighted by atomic mass is 9.97. The minimum atomic E-state index is -0.982. The van der Waals surface area contributed by atoms with Crippen molar-refractivity contribution in [2.24, 2.45) is 0 Å². The molecule has 1 rings (SSSR count). The van der Waals surface area contributed by atoms with Gasteiger partial charge in [-0.3, -0.25) is 4.79 Å². The van der Waals surface area contributed by atoms with Crippen molar-refractivity contribution in [3.63, 3.8) is 0 Å². The molecule has 1 aromatic rings. The summed E-state index contributed by atoms with van der Waals surface area (Å²) in [6.45, 7) is 6.99. The van der Waals surface area contributed by atoms with Crippen molar-refractivity contribution < 1.29 is 9.53 Å². The first-order valence-electron chi connectivity index (χ1n) is 5.49. The second-order valence-corrected chi connectivity index (χ2v) is 5.27. The van der Waals surface area contributed by atoms with Crippen LogP contribution >= 0.6 is 11.6 Å². The fourth-order valence-electron chi connectivity index (χ4n) is 1.45. The molecule has 5 heteroatoms. The Kier molecular flexibility index (Phi) is 4.31. The molecule has 0 spiro atoms. The zero-order valence-electron chi connectivity index (χ0n) is 10.8. The number of nitriles is 1. The molecule has 0 bridgehead atoms. The Bertz CT molecular complexity index is 501. The lowest BCUT2D eigenvalue weighted by Gasteiger charge is -2.22. The van der Waals surface area contributed by atoms with E-state index in [4.69, 9.17) is 21.6 Å². The highest BCUT2D eigenvalue weighted by atomic mass is 35.5. The van der Waals surface area contributed by atoms with Gasteiger partial charge in [0.25, 0.3) is 0 Å². The summed E-state index contributed by atoms with van der Waals surface area (Å²) in [5.74, 6) is -1.56. The molecule has 0 amide bonds. The molecule has 0 aromatic carbocycles. The van der Waals surface area contributed by atoms with Gasteiger partial charge in [-0.1, -0.05) is 11.6 Å². The van der Waals surface area contributed by atoms with Gasteiger partial charge in [0.15, 0.2) is 5.92 Å². The summed E-state index contributed by atoms with van der Waals surface area (Å²) in [6, 6.07) is 3.56. The third-order valence-corrected chi connectivity index (χ3v) is 2.65. The van der Waals surface area contributed by atoms with Crippen molar-refractivity contribution in [1.82, 2.24) is 4.98 Å². The minimum absolute atomic E-state index is 0.288.